The lowest BCUT2D eigenvalue weighted by molar-refractivity contribution is 0.278. The lowest BCUT2D eigenvalue weighted by atomic mass is 10.1. The zero-order valence-electron chi connectivity index (χ0n) is 11.7. The van der Waals surface area contributed by atoms with Crippen LogP contribution in [0.1, 0.15) is 30.0 Å². The Labute approximate surface area is 124 Å². The summed E-state index contributed by atoms with van der Waals surface area (Å²) in [5, 5.41) is 0. The third-order valence-corrected chi connectivity index (χ3v) is 5.64. The molecule has 1 fully saturated rings. The first kappa shape index (κ1) is 14.9. The van der Waals surface area contributed by atoms with Crippen molar-refractivity contribution in [1.29, 1.82) is 0 Å². The summed E-state index contributed by atoms with van der Waals surface area (Å²) in [6, 6.07) is 4.31. The Morgan fingerprint density at radius 3 is 3.00 bits per heavy atom. The molecule has 0 spiro atoms. The van der Waals surface area contributed by atoms with E-state index in [0.29, 0.717) is 11.3 Å². The molecule has 1 aliphatic rings. The summed E-state index contributed by atoms with van der Waals surface area (Å²) in [5.41, 5.74) is 5.40. The molecule has 2 N–H and O–H groups in total. The predicted molar refractivity (Wildman–Crippen MR) is 86.7 cm³/mol. The Hall–Kier alpha value is -0.470. The van der Waals surface area contributed by atoms with E-state index >= 15 is 0 Å². The second-order valence-electron chi connectivity index (χ2n) is 5.41. The van der Waals surface area contributed by atoms with Crippen molar-refractivity contribution in [2.75, 3.05) is 25.4 Å². The van der Waals surface area contributed by atoms with Gasteiger partial charge in [-0.1, -0.05) is 25.7 Å². The number of thioether (sulfide) groups is 1. The lowest BCUT2D eigenvalue weighted by Crippen LogP contribution is -2.26. The Kier molecular flexibility index (Phi) is 5.35. The number of thiophene rings is 1. The number of hydrogen-bond acceptors (Lipinski definition) is 4. The third kappa shape index (κ3) is 4.85. The quantitative estimate of drug-likeness (QED) is 0.851. The van der Waals surface area contributed by atoms with Crippen LogP contribution in [0, 0.1) is 11.8 Å². The molecule has 104 valence electrons. The maximum atomic E-state index is 5.40. The third-order valence-electron chi connectivity index (χ3n) is 3.29. The summed E-state index contributed by atoms with van der Waals surface area (Å²) in [6.45, 7) is 8.59. The average molecular weight is 294 g/mol. The monoisotopic (exact) mass is 294 g/mol. The van der Waals surface area contributed by atoms with E-state index in [2.05, 4.69) is 54.5 Å². The molecule has 0 atom stereocenters. The van der Waals surface area contributed by atoms with Gasteiger partial charge in [0.1, 0.15) is 0 Å². The van der Waals surface area contributed by atoms with Gasteiger partial charge in [0, 0.05) is 28.5 Å². The van der Waals surface area contributed by atoms with E-state index in [1.54, 1.807) is 11.3 Å². The van der Waals surface area contributed by atoms with Crippen LogP contribution >= 0.6 is 23.1 Å². The van der Waals surface area contributed by atoms with Gasteiger partial charge in [0.25, 0.3) is 0 Å². The van der Waals surface area contributed by atoms with Crippen LogP contribution in [0.25, 0.3) is 0 Å². The first-order chi connectivity index (χ1) is 9.09. The summed E-state index contributed by atoms with van der Waals surface area (Å²) in [6.07, 6.45) is 1.27. The molecule has 2 rings (SSSR count). The van der Waals surface area contributed by atoms with E-state index in [1.165, 1.54) is 30.1 Å². The highest BCUT2D eigenvalue weighted by molar-refractivity contribution is 8.00. The molecule has 1 saturated heterocycles. The molecule has 19 heavy (non-hydrogen) atoms. The van der Waals surface area contributed by atoms with E-state index in [9.17, 15) is 0 Å². The molecule has 2 heterocycles. The molecule has 0 saturated carbocycles. The zero-order chi connectivity index (χ0) is 13.7. The molecule has 0 bridgehead atoms. The lowest BCUT2D eigenvalue weighted by Gasteiger charge is -2.22. The standard InChI is InChI=1S/C15H22N2S2/c1-15(2)7-9-17(10-11-18-15)12-14-6-5-13(19-14)4-3-8-16/h5-6H,7-12,16H2,1-2H3. The summed E-state index contributed by atoms with van der Waals surface area (Å²) < 4.78 is 0.433. The minimum absolute atomic E-state index is 0.433. The van der Waals surface area contributed by atoms with Gasteiger partial charge in [-0.25, -0.2) is 0 Å². The minimum atomic E-state index is 0.433. The predicted octanol–water partition coefficient (Wildman–Crippen LogP) is 2.78. The fraction of sp³-hybridized carbons (Fsp3) is 0.600. The van der Waals surface area contributed by atoms with Crippen LogP contribution in [-0.2, 0) is 6.54 Å². The van der Waals surface area contributed by atoms with Gasteiger partial charge in [-0.15, -0.1) is 11.3 Å². The van der Waals surface area contributed by atoms with Crippen molar-refractivity contribution in [2.45, 2.75) is 31.6 Å². The van der Waals surface area contributed by atoms with Crippen molar-refractivity contribution in [3.8, 4) is 11.8 Å². The molecule has 0 radical (unpaired) electrons. The van der Waals surface area contributed by atoms with Crippen LogP contribution < -0.4 is 5.73 Å². The SMILES string of the molecule is CC1(C)CCN(Cc2ccc(C#CCN)s2)CCS1. The van der Waals surface area contributed by atoms with E-state index in [4.69, 9.17) is 5.73 Å². The zero-order valence-corrected chi connectivity index (χ0v) is 13.4. The topological polar surface area (TPSA) is 29.3 Å². The molecule has 2 nitrogen and oxygen atoms in total. The van der Waals surface area contributed by atoms with Crippen LogP contribution in [-0.4, -0.2) is 35.0 Å². The second kappa shape index (κ2) is 6.81. The van der Waals surface area contributed by atoms with Gasteiger partial charge in [-0.05, 0) is 25.1 Å². The largest absolute Gasteiger partial charge is 0.320 e. The van der Waals surface area contributed by atoms with Crippen molar-refractivity contribution in [3.63, 3.8) is 0 Å². The van der Waals surface area contributed by atoms with Crippen molar-refractivity contribution in [1.82, 2.24) is 4.90 Å². The fourth-order valence-electron chi connectivity index (χ4n) is 2.11. The number of hydrogen-bond donors (Lipinski definition) is 1. The highest BCUT2D eigenvalue weighted by atomic mass is 32.2. The minimum Gasteiger partial charge on any atom is -0.320 e. The van der Waals surface area contributed by atoms with Gasteiger partial charge in [0.2, 0.25) is 0 Å². The van der Waals surface area contributed by atoms with Gasteiger partial charge in [-0.2, -0.15) is 11.8 Å². The van der Waals surface area contributed by atoms with Gasteiger partial charge in [0.05, 0.1) is 11.4 Å². The maximum absolute atomic E-state index is 5.40. The summed E-state index contributed by atoms with van der Waals surface area (Å²) >= 11 is 3.89. The van der Waals surface area contributed by atoms with Crippen molar-refractivity contribution in [3.05, 3.63) is 21.9 Å². The first-order valence-corrected chi connectivity index (χ1v) is 8.53. The highest BCUT2D eigenvalue weighted by Crippen LogP contribution is 2.31. The molecule has 1 aromatic rings. The van der Waals surface area contributed by atoms with E-state index < -0.39 is 0 Å². The Morgan fingerprint density at radius 1 is 1.37 bits per heavy atom. The summed E-state index contributed by atoms with van der Waals surface area (Å²) in [4.78, 5) is 5.10. The Balaban J connectivity index is 1.92. The Morgan fingerprint density at radius 2 is 2.21 bits per heavy atom. The van der Waals surface area contributed by atoms with Gasteiger partial charge < -0.3 is 5.73 Å². The first-order valence-electron chi connectivity index (χ1n) is 6.73. The molecule has 0 aliphatic carbocycles. The van der Waals surface area contributed by atoms with Gasteiger partial charge >= 0.3 is 0 Å². The average Bonchev–Trinajstić information content (AvgIpc) is 2.73. The molecule has 0 unspecified atom stereocenters. The van der Waals surface area contributed by atoms with E-state index in [1.807, 2.05) is 0 Å². The normalized spacial score (nSPS) is 19.5. The van der Waals surface area contributed by atoms with Crippen LogP contribution in [0.4, 0.5) is 0 Å². The molecule has 1 aliphatic heterocycles. The number of rotatable bonds is 2. The molecule has 4 heteroatoms. The smallest absolute Gasteiger partial charge is 0.0772 e. The van der Waals surface area contributed by atoms with Crippen LogP contribution in [0.3, 0.4) is 0 Å². The van der Waals surface area contributed by atoms with Gasteiger partial charge in [0.15, 0.2) is 0 Å². The van der Waals surface area contributed by atoms with Crippen LogP contribution in [0.5, 0.6) is 0 Å². The maximum Gasteiger partial charge on any atom is 0.0772 e. The summed E-state index contributed by atoms with van der Waals surface area (Å²) in [7, 11) is 0. The summed E-state index contributed by atoms with van der Waals surface area (Å²) in [5.74, 6) is 7.26. The van der Waals surface area contributed by atoms with Crippen LogP contribution in [0.2, 0.25) is 0 Å². The van der Waals surface area contributed by atoms with E-state index in [0.717, 1.165) is 11.4 Å². The van der Waals surface area contributed by atoms with Gasteiger partial charge in [-0.3, -0.25) is 4.90 Å². The molecule has 0 amide bonds. The Bertz CT molecular complexity index is 468. The number of nitrogens with zero attached hydrogens (tertiary/aromatic N) is 1. The van der Waals surface area contributed by atoms with Crippen molar-refractivity contribution in [2.24, 2.45) is 5.73 Å². The number of nitrogens with two attached hydrogens (primary N) is 1. The second-order valence-corrected chi connectivity index (χ2v) is 8.38. The molecular weight excluding hydrogens is 272 g/mol. The molecular formula is C15H22N2S2. The van der Waals surface area contributed by atoms with Crippen molar-refractivity contribution >= 4 is 23.1 Å². The highest BCUT2D eigenvalue weighted by Gasteiger charge is 2.23. The van der Waals surface area contributed by atoms with Crippen LogP contribution in [0.15, 0.2) is 12.1 Å². The fourth-order valence-corrected chi connectivity index (χ4v) is 4.17. The molecule has 1 aromatic heterocycles. The van der Waals surface area contributed by atoms with E-state index in [-0.39, 0.29) is 0 Å². The molecule has 0 aromatic carbocycles. The van der Waals surface area contributed by atoms with Crippen molar-refractivity contribution < 1.29 is 0 Å².